The Labute approximate surface area is 148 Å². The fourth-order valence-corrected chi connectivity index (χ4v) is 2.93. The van der Waals surface area contributed by atoms with Crippen LogP contribution in [0.1, 0.15) is 0 Å². The zero-order valence-corrected chi connectivity index (χ0v) is 13.7. The SMILES string of the molecule is COc1ccc(-c2cnoc2-c2ccnc3ccccc23)cc1[N+](=O)[O-]. The molecular formula is C19H13N3O4. The molecule has 0 atom stereocenters. The van der Waals surface area contributed by atoms with Crippen LogP contribution in [-0.4, -0.2) is 22.2 Å². The summed E-state index contributed by atoms with van der Waals surface area (Å²) >= 11 is 0. The minimum atomic E-state index is -0.475. The predicted octanol–water partition coefficient (Wildman–Crippen LogP) is 4.47. The second-order valence-electron chi connectivity index (χ2n) is 5.59. The molecule has 2 heterocycles. The first-order chi connectivity index (χ1) is 12.7. The average Bonchev–Trinajstić information content (AvgIpc) is 3.16. The Bertz CT molecular complexity index is 1120. The van der Waals surface area contributed by atoms with Crippen LogP contribution in [0.3, 0.4) is 0 Å². The van der Waals surface area contributed by atoms with E-state index in [9.17, 15) is 10.1 Å². The van der Waals surface area contributed by atoms with Crippen molar-refractivity contribution in [2.24, 2.45) is 0 Å². The summed E-state index contributed by atoms with van der Waals surface area (Å²) in [6.45, 7) is 0. The maximum absolute atomic E-state index is 11.3. The Morgan fingerprint density at radius 1 is 1.12 bits per heavy atom. The zero-order valence-electron chi connectivity index (χ0n) is 13.7. The number of benzene rings is 2. The second-order valence-corrected chi connectivity index (χ2v) is 5.59. The number of rotatable bonds is 4. The minimum Gasteiger partial charge on any atom is -0.490 e. The molecule has 128 valence electrons. The summed E-state index contributed by atoms with van der Waals surface area (Å²) < 4.78 is 10.6. The summed E-state index contributed by atoms with van der Waals surface area (Å²) in [4.78, 5) is 15.2. The molecule has 0 bridgehead atoms. The first kappa shape index (κ1) is 15.8. The number of para-hydroxylation sites is 1. The van der Waals surface area contributed by atoms with Crippen LogP contribution in [-0.2, 0) is 0 Å². The maximum Gasteiger partial charge on any atom is 0.311 e. The Morgan fingerprint density at radius 2 is 1.96 bits per heavy atom. The number of aromatic nitrogens is 2. The third-order valence-corrected chi connectivity index (χ3v) is 4.15. The van der Waals surface area contributed by atoms with Gasteiger partial charge in [0.15, 0.2) is 11.5 Å². The van der Waals surface area contributed by atoms with Crippen LogP contribution in [0.25, 0.3) is 33.4 Å². The van der Waals surface area contributed by atoms with Crippen LogP contribution in [0, 0.1) is 10.1 Å². The van der Waals surface area contributed by atoms with E-state index in [1.807, 2.05) is 30.3 Å². The molecule has 0 aliphatic rings. The number of pyridine rings is 1. The van der Waals surface area contributed by atoms with Gasteiger partial charge >= 0.3 is 5.69 Å². The fraction of sp³-hybridized carbons (Fsp3) is 0.0526. The number of hydrogen-bond acceptors (Lipinski definition) is 6. The highest BCUT2D eigenvalue weighted by atomic mass is 16.6. The van der Waals surface area contributed by atoms with Crippen molar-refractivity contribution in [3.8, 4) is 28.2 Å². The molecule has 26 heavy (non-hydrogen) atoms. The van der Waals surface area contributed by atoms with Crippen LogP contribution in [0.2, 0.25) is 0 Å². The van der Waals surface area contributed by atoms with Gasteiger partial charge in [0, 0.05) is 28.8 Å². The topological polar surface area (TPSA) is 91.3 Å². The van der Waals surface area contributed by atoms with Gasteiger partial charge in [0.1, 0.15) is 0 Å². The van der Waals surface area contributed by atoms with Crippen molar-refractivity contribution >= 4 is 16.6 Å². The molecule has 7 nitrogen and oxygen atoms in total. The van der Waals surface area contributed by atoms with E-state index in [1.165, 1.54) is 13.2 Å². The molecule has 4 rings (SSSR count). The van der Waals surface area contributed by atoms with Crippen molar-refractivity contribution in [3.63, 3.8) is 0 Å². The summed E-state index contributed by atoms with van der Waals surface area (Å²) in [6, 6.07) is 14.3. The Hall–Kier alpha value is -3.74. The van der Waals surface area contributed by atoms with Crippen molar-refractivity contribution in [1.29, 1.82) is 0 Å². The average molecular weight is 347 g/mol. The fourth-order valence-electron chi connectivity index (χ4n) is 2.93. The largest absolute Gasteiger partial charge is 0.490 e. The van der Waals surface area contributed by atoms with Crippen molar-refractivity contribution in [2.75, 3.05) is 7.11 Å². The number of nitrogens with zero attached hydrogens (tertiary/aromatic N) is 3. The smallest absolute Gasteiger partial charge is 0.311 e. The van der Waals surface area contributed by atoms with Gasteiger partial charge in [-0.2, -0.15) is 0 Å². The molecule has 2 aromatic carbocycles. The molecule has 0 amide bonds. The highest BCUT2D eigenvalue weighted by Gasteiger charge is 2.20. The lowest BCUT2D eigenvalue weighted by Gasteiger charge is -2.07. The summed E-state index contributed by atoms with van der Waals surface area (Å²) in [5.41, 5.74) is 2.81. The van der Waals surface area contributed by atoms with Crippen LogP contribution in [0.15, 0.2) is 65.4 Å². The van der Waals surface area contributed by atoms with E-state index >= 15 is 0 Å². The van der Waals surface area contributed by atoms with Gasteiger partial charge in [-0.25, -0.2) is 0 Å². The van der Waals surface area contributed by atoms with Gasteiger partial charge in [-0.3, -0.25) is 15.1 Å². The van der Waals surface area contributed by atoms with Crippen molar-refractivity contribution < 1.29 is 14.2 Å². The lowest BCUT2D eigenvalue weighted by Crippen LogP contribution is -1.94. The summed E-state index contributed by atoms with van der Waals surface area (Å²) in [7, 11) is 1.40. The lowest BCUT2D eigenvalue weighted by atomic mass is 9.99. The van der Waals surface area contributed by atoms with E-state index < -0.39 is 4.92 Å². The third kappa shape index (κ3) is 2.55. The molecule has 7 heteroatoms. The summed E-state index contributed by atoms with van der Waals surface area (Å²) in [6.07, 6.45) is 3.25. The molecule has 2 aromatic heterocycles. The number of methoxy groups -OCH3 is 1. The number of nitro benzene ring substituents is 1. The molecule has 0 saturated heterocycles. The quantitative estimate of drug-likeness (QED) is 0.399. The minimum absolute atomic E-state index is 0.114. The van der Waals surface area contributed by atoms with E-state index in [0.717, 1.165) is 16.5 Å². The second kappa shape index (κ2) is 6.29. The zero-order chi connectivity index (χ0) is 18.1. The van der Waals surface area contributed by atoms with Gasteiger partial charge in [0.25, 0.3) is 0 Å². The molecule has 0 aliphatic heterocycles. The molecule has 0 spiro atoms. The van der Waals surface area contributed by atoms with E-state index in [2.05, 4.69) is 10.1 Å². The Morgan fingerprint density at radius 3 is 2.77 bits per heavy atom. The highest BCUT2D eigenvalue weighted by molar-refractivity contribution is 5.96. The summed E-state index contributed by atoms with van der Waals surface area (Å²) in [5, 5.41) is 16.1. The lowest BCUT2D eigenvalue weighted by molar-refractivity contribution is -0.385. The highest BCUT2D eigenvalue weighted by Crippen LogP contribution is 2.38. The molecule has 0 aliphatic carbocycles. The van der Waals surface area contributed by atoms with Crippen molar-refractivity contribution in [1.82, 2.24) is 10.1 Å². The Kier molecular flexibility index (Phi) is 3.81. The molecule has 0 fully saturated rings. The molecule has 0 unspecified atom stereocenters. The normalized spacial score (nSPS) is 10.8. The monoisotopic (exact) mass is 347 g/mol. The molecule has 0 N–H and O–H groups in total. The predicted molar refractivity (Wildman–Crippen MR) is 95.9 cm³/mol. The Balaban J connectivity index is 1.91. The van der Waals surface area contributed by atoms with Crippen LogP contribution in [0.4, 0.5) is 5.69 Å². The maximum atomic E-state index is 11.3. The van der Waals surface area contributed by atoms with Crippen LogP contribution >= 0.6 is 0 Å². The van der Waals surface area contributed by atoms with Crippen molar-refractivity contribution in [2.45, 2.75) is 0 Å². The number of fused-ring (bicyclic) bond motifs is 1. The van der Waals surface area contributed by atoms with Crippen molar-refractivity contribution in [3.05, 3.63) is 71.0 Å². The number of nitro groups is 1. The van der Waals surface area contributed by atoms with E-state index in [0.29, 0.717) is 16.9 Å². The van der Waals surface area contributed by atoms with Gasteiger partial charge in [0.2, 0.25) is 0 Å². The first-order valence-electron chi connectivity index (χ1n) is 7.80. The molecule has 0 saturated carbocycles. The standard InChI is InChI=1S/C19H13N3O4/c1-25-18-7-6-12(10-17(18)22(23)24)15-11-21-26-19(15)14-8-9-20-16-5-3-2-4-13(14)16/h2-11H,1H3. The van der Waals surface area contributed by atoms with Gasteiger partial charge in [-0.05, 0) is 29.8 Å². The third-order valence-electron chi connectivity index (χ3n) is 4.15. The van der Waals surface area contributed by atoms with Crippen LogP contribution < -0.4 is 4.74 Å². The van der Waals surface area contributed by atoms with Gasteiger partial charge in [0.05, 0.1) is 23.7 Å². The molecular weight excluding hydrogens is 334 g/mol. The van der Waals surface area contributed by atoms with Crippen LogP contribution in [0.5, 0.6) is 5.75 Å². The number of ether oxygens (including phenoxy) is 1. The van der Waals surface area contributed by atoms with Gasteiger partial charge < -0.3 is 9.26 Å². The van der Waals surface area contributed by atoms with Gasteiger partial charge in [-0.15, -0.1) is 0 Å². The van der Waals surface area contributed by atoms with Gasteiger partial charge in [-0.1, -0.05) is 23.4 Å². The van der Waals surface area contributed by atoms with E-state index in [-0.39, 0.29) is 11.4 Å². The molecule has 4 aromatic rings. The first-order valence-corrected chi connectivity index (χ1v) is 7.80. The van der Waals surface area contributed by atoms with E-state index in [1.54, 1.807) is 24.5 Å². The number of hydrogen-bond donors (Lipinski definition) is 0. The van der Waals surface area contributed by atoms with E-state index in [4.69, 9.17) is 9.26 Å². The molecule has 0 radical (unpaired) electrons. The summed E-state index contributed by atoms with van der Waals surface area (Å²) in [5.74, 6) is 0.731.